The van der Waals surface area contributed by atoms with E-state index in [1.165, 1.54) is 0 Å². The van der Waals surface area contributed by atoms with Crippen molar-refractivity contribution >= 4 is 6.03 Å². The van der Waals surface area contributed by atoms with Gasteiger partial charge in [-0.3, -0.25) is 0 Å². The second kappa shape index (κ2) is 4.86. The Hall–Kier alpha value is -2.05. The molecule has 1 heterocycles. The minimum Gasteiger partial charge on any atom is -0.333 e. The first-order valence-electron chi connectivity index (χ1n) is 5.29. The van der Waals surface area contributed by atoms with Crippen molar-refractivity contribution in [1.29, 1.82) is 0 Å². The van der Waals surface area contributed by atoms with Gasteiger partial charge in [-0.15, -0.1) is 9.78 Å². The van der Waals surface area contributed by atoms with Crippen molar-refractivity contribution in [2.45, 2.75) is 33.6 Å². The third-order valence-corrected chi connectivity index (χ3v) is 2.28. The van der Waals surface area contributed by atoms with E-state index in [1.54, 1.807) is 19.9 Å². The Morgan fingerprint density at radius 1 is 1.53 bits per heavy atom. The first-order valence-corrected chi connectivity index (χ1v) is 5.29. The zero-order chi connectivity index (χ0) is 13.2. The molecule has 0 unspecified atom stereocenters. The molecule has 0 radical (unpaired) electrons. The highest BCUT2D eigenvalue weighted by molar-refractivity contribution is 5.77. The number of nitrogen functional groups attached to an aromatic ring is 1. The molecular formula is C10H17N5O2. The molecule has 17 heavy (non-hydrogen) atoms. The molecule has 94 valence electrons. The molecule has 1 rings (SSSR count). The number of nitrogens with two attached hydrogens (primary N) is 1. The third-order valence-electron chi connectivity index (χ3n) is 2.28. The summed E-state index contributed by atoms with van der Waals surface area (Å²) < 4.78 is 1.61. The van der Waals surface area contributed by atoms with Crippen LogP contribution in [0, 0.1) is 0 Å². The van der Waals surface area contributed by atoms with Crippen LogP contribution in [0.3, 0.4) is 0 Å². The van der Waals surface area contributed by atoms with E-state index in [-0.39, 0.29) is 5.92 Å². The number of allylic oxidation sites excluding steroid dienone is 2. The number of carbonyl (C=O) groups is 1. The Labute approximate surface area is 98.9 Å². The van der Waals surface area contributed by atoms with E-state index in [0.717, 1.165) is 9.36 Å². The van der Waals surface area contributed by atoms with E-state index in [2.05, 4.69) is 10.4 Å². The van der Waals surface area contributed by atoms with Crippen LogP contribution in [0.2, 0.25) is 0 Å². The summed E-state index contributed by atoms with van der Waals surface area (Å²) >= 11 is 0. The van der Waals surface area contributed by atoms with Crippen molar-refractivity contribution in [2.24, 2.45) is 0 Å². The number of rotatable bonds is 2. The molecule has 0 aliphatic rings. The van der Waals surface area contributed by atoms with Gasteiger partial charge in [0.1, 0.15) is 0 Å². The zero-order valence-electron chi connectivity index (χ0n) is 10.4. The molecule has 0 spiro atoms. The monoisotopic (exact) mass is 239 g/mol. The summed E-state index contributed by atoms with van der Waals surface area (Å²) in [6, 6.07) is -0.614. The van der Waals surface area contributed by atoms with Crippen molar-refractivity contribution in [3.05, 3.63) is 28.1 Å². The average molecular weight is 239 g/mol. The molecule has 0 aliphatic heterocycles. The molecule has 1 aromatic rings. The fraction of sp³-hybridized carbons (Fsp3) is 0.500. The van der Waals surface area contributed by atoms with E-state index in [4.69, 9.17) is 5.84 Å². The standard InChI is InChI=1S/C10H17N5O2/c1-5-7(4)12-9(16)15-10(17)14(11)8(13-15)6(2)3/h5-6H,11H2,1-4H3,(H,12,16)/b7-5+. The summed E-state index contributed by atoms with van der Waals surface area (Å²) in [6.07, 6.45) is 1.71. The van der Waals surface area contributed by atoms with Gasteiger partial charge in [-0.25, -0.2) is 9.59 Å². The van der Waals surface area contributed by atoms with Crippen LogP contribution in [0.5, 0.6) is 0 Å². The SMILES string of the molecule is C/C=C(\C)NC(=O)n1nc(C(C)C)n(N)c1=O. The number of nitrogens with one attached hydrogen (secondary N) is 1. The molecular weight excluding hydrogens is 222 g/mol. The molecule has 0 saturated carbocycles. The molecule has 0 atom stereocenters. The second-order valence-electron chi connectivity index (χ2n) is 3.98. The number of nitrogens with zero attached hydrogens (tertiary/aromatic N) is 3. The summed E-state index contributed by atoms with van der Waals surface area (Å²) in [5, 5.41) is 6.42. The van der Waals surface area contributed by atoms with Crippen LogP contribution in [-0.4, -0.2) is 20.5 Å². The Morgan fingerprint density at radius 2 is 2.12 bits per heavy atom. The van der Waals surface area contributed by atoms with Crippen molar-refractivity contribution in [2.75, 3.05) is 5.84 Å². The largest absolute Gasteiger partial charge is 0.373 e. The van der Waals surface area contributed by atoms with E-state index in [1.807, 2.05) is 13.8 Å². The molecule has 0 aromatic carbocycles. The Kier molecular flexibility index (Phi) is 3.72. The maximum Gasteiger partial charge on any atom is 0.373 e. The first kappa shape index (κ1) is 13.0. The van der Waals surface area contributed by atoms with Gasteiger partial charge in [0.25, 0.3) is 0 Å². The number of aromatic nitrogens is 3. The average Bonchev–Trinajstić information content (AvgIpc) is 2.56. The van der Waals surface area contributed by atoms with Gasteiger partial charge in [0.2, 0.25) is 0 Å². The molecule has 7 nitrogen and oxygen atoms in total. The Bertz CT molecular complexity index is 509. The van der Waals surface area contributed by atoms with Gasteiger partial charge in [-0.2, -0.15) is 4.68 Å². The minimum atomic E-state index is -0.657. The minimum absolute atomic E-state index is 0.0374. The smallest absolute Gasteiger partial charge is 0.333 e. The fourth-order valence-corrected chi connectivity index (χ4v) is 1.21. The van der Waals surface area contributed by atoms with Crippen LogP contribution in [-0.2, 0) is 0 Å². The lowest BCUT2D eigenvalue weighted by Crippen LogP contribution is -2.38. The highest BCUT2D eigenvalue weighted by Gasteiger charge is 2.18. The molecule has 0 saturated heterocycles. The normalized spacial score (nSPS) is 11.9. The van der Waals surface area contributed by atoms with Crippen LogP contribution in [0.4, 0.5) is 4.79 Å². The second-order valence-corrected chi connectivity index (χ2v) is 3.98. The van der Waals surface area contributed by atoms with Crippen molar-refractivity contribution in [3.8, 4) is 0 Å². The predicted octanol–water partition coefficient (Wildman–Crippen LogP) is 0.363. The topological polar surface area (TPSA) is 94.9 Å². The molecule has 7 heteroatoms. The van der Waals surface area contributed by atoms with Crippen LogP contribution in [0.1, 0.15) is 39.4 Å². The lowest BCUT2D eigenvalue weighted by atomic mass is 10.2. The Balaban J connectivity index is 3.12. The maximum absolute atomic E-state index is 11.7. The lowest BCUT2D eigenvalue weighted by molar-refractivity contribution is 0.241. The summed E-state index contributed by atoms with van der Waals surface area (Å²) in [5.41, 5.74) is -0.0188. The molecule has 0 fully saturated rings. The van der Waals surface area contributed by atoms with Gasteiger partial charge in [0, 0.05) is 11.6 Å². The number of carbonyl (C=O) groups excluding carboxylic acids is 1. The summed E-state index contributed by atoms with van der Waals surface area (Å²) in [4.78, 5) is 23.4. The van der Waals surface area contributed by atoms with Crippen LogP contribution < -0.4 is 16.8 Å². The highest BCUT2D eigenvalue weighted by atomic mass is 16.2. The highest BCUT2D eigenvalue weighted by Crippen LogP contribution is 2.06. The zero-order valence-corrected chi connectivity index (χ0v) is 10.4. The molecule has 0 aliphatic carbocycles. The van der Waals surface area contributed by atoms with E-state index in [9.17, 15) is 9.59 Å². The van der Waals surface area contributed by atoms with Gasteiger partial charge in [-0.1, -0.05) is 19.9 Å². The molecule has 3 N–H and O–H groups in total. The summed E-state index contributed by atoms with van der Waals surface area (Å²) in [5.74, 6) is 5.86. The Morgan fingerprint density at radius 3 is 2.53 bits per heavy atom. The fourth-order valence-electron chi connectivity index (χ4n) is 1.21. The van der Waals surface area contributed by atoms with Gasteiger partial charge in [0.05, 0.1) is 0 Å². The van der Waals surface area contributed by atoms with Crippen molar-refractivity contribution < 1.29 is 4.79 Å². The first-order chi connectivity index (χ1) is 7.88. The predicted molar refractivity (Wildman–Crippen MR) is 64.1 cm³/mol. The number of amides is 1. The third kappa shape index (κ3) is 2.55. The molecule has 0 bridgehead atoms. The van der Waals surface area contributed by atoms with Gasteiger partial charge in [-0.05, 0) is 13.8 Å². The van der Waals surface area contributed by atoms with Crippen LogP contribution >= 0.6 is 0 Å². The van der Waals surface area contributed by atoms with E-state index >= 15 is 0 Å². The van der Waals surface area contributed by atoms with Crippen LogP contribution in [0.15, 0.2) is 16.6 Å². The lowest BCUT2D eigenvalue weighted by Gasteiger charge is -2.02. The van der Waals surface area contributed by atoms with E-state index < -0.39 is 11.7 Å². The molecule has 1 aromatic heterocycles. The maximum atomic E-state index is 11.7. The molecule has 1 amide bonds. The van der Waals surface area contributed by atoms with E-state index in [0.29, 0.717) is 11.5 Å². The van der Waals surface area contributed by atoms with Gasteiger partial charge < -0.3 is 11.2 Å². The van der Waals surface area contributed by atoms with Gasteiger partial charge >= 0.3 is 11.7 Å². The van der Waals surface area contributed by atoms with Crippen LogP contribution in [0.25, 0.3) is 0 Å². The summed E-state index contributed by atoms with van der Waals surface area (Å²) in [6.45, 7) is 7.17. The van der Waals surface area contributed by atoms with Gasteiger partial charge in [0.15, 0.2) is 5.82 Å². The van der Waals surface area contributed by atoms with Crippen molar-refractivity contribution in [3.63, 3.8) is 0 Å². The quantitative estimate of drug-likeness (QED) is 0.728. The number of hydrogen-bond acceptors (Lipinski definition) is 4. The number of hydrogen-bond donors (Lipinski definition) is 2. The summed E-state index contributed by atoms with van der Waals surface area (Å²) in [7, 11) is 0. The van der Waals surface area contributed by atoms with Crippen molar-refractivity contribution in [1.82, 2.24) is 19.8 Å².